The monoisotopic (exact) mass is 394 g/mol. The van der Waals surface area contributed by atoms with Gasteiger partial charge in [0.1, 0.15) is 0 Å². The van der Waals surface area contributed by atoms with Crippen LogP contribution in [0.15, 0.2) is 30.3 Å². The summed E-state index contributed by atoms with van der Waals surface area (Å²) >= 11 is 0. The molecule has 0 N–H and O–H groups in total. The van der Waals surface area contributed by atoms with Crippen LogP contribution in [0.25, 0.3) is 6.08 Å². The van der Waals surface area contributed by atoms with E-state index in [1.165, 1.54) is 11.1 Å². The quantitative estimate of drug-likeness (QED) is 0.268. The molecule has 0 saturated heterocycles. The maximum absolute atomic E-state index is 9.73. The zero-order valence-electron chi connectivity index (χ0n) is 8.54. The van der Waals surface area contributed by atoms with E-state index in [4.69, 9.17) is 0 Å². The molecular weight excluding hydrogens is 387 g/mol. The topological polar surface area (TPSA) is 0 Å². The average molecular weight is 394 g/mol. The van der Waals surface area contributed by atoms with Crippen molar-refractivity contribution in [2.24, 2.45) is 0 Å². The summed E-state index contributed by atoms with van der Waals surface area (Å²) in [4.78, 5) is 0. The van der Waals surface area contributed by atoms with Crippen molar-refractivity contribution in [3.63, 3.8) is 0 Å². The Morgan fingerprint density at radius 1 is 0.722 bits per heavy atom. The Kier molecular flexibility index (Phi) is 13.6. The zero-order valence-corrected chi connectivity index (χ0v) is 12.0. The normalized spacial score (nSPS) is 10.9. The minimum absolute atomic E-state index is 0. The number of hydrogen-bond acceptors (Lipinski definition) is 0. The summed E-state index contributed by atoms with van der Waals surface area (Å²) < 4.78 is 58.4. The van der Waals surface area contributed by atoms with Crippen molar-refractivity contribution in [2.75, 3.05) is 0 Å². The first kappa shape index (κ1) is 20.3. The van der Waals surface area contributed by atoms with Gasteiger partial charge in [-0.25, -0.2) is 0 Å². The molecular formula is C9H7F6P2Rh. The Hall–Kier alpha value is 0.0234. The largest absolute Gasteiger partial charge is 0.456 e. The van der Waals surface area contributed by atoms with Gasteiger partial charge in [0.15, 0.2) is 0 Å². The number of rotatable bonds is 0. The number of fused-ring (bicyclic) bond motifs is 1. The van der Waals surface area contributed by atoms with Crippen molar-refractivity contribution in [1.29, 1.82) is 0 Å². The Labute approximate surface area is 116 Å². The van der Waals surface area contributed by atoms with Crippen LogP contribution in [0.2, 0.25) is 0 Å². The first-order chi connectivity index (χ1) is 7.93. The predicted molar refractivity (Wildman–Crippen MR) is 59.4 cm³/mol. The molecule has 1 aliphatic rings. The summed E-state index contributed by atoms with van der Waals surface area (Å²) in [7, 11) is -8.24. The summed E-state index contributed by atoms with van der Waals surface area (Å²) in [6, 6.07) is 8.36. The fourth-order valence-electron chi connectivity index (χ4n) is 1.07. The van der Waals surface area contributed by atoms with E-state index < -0.39 is 17.7 Å². The molecule has 0 fully saturated rings. The SMILES string of the molecule is FP(F)F.FP(F)F.[CH]1C=Cc2ccccc21.[Rh]. The predicted octanol–water partition coefficient (Wildman–Crippen LogP) is 6.51. The van der Waals surface area contributed by atoms with Crippen molar-refractivity contribution >= 4 is 23.8 Å². The summed E-state index contributed by atoms with van der Waals surface area (Å²) in [6.07, 6.45) is 6.31. The fourth-order valence-corrected chi connectivity index (χ4v) is 1.07. The van der Waals surface area contributed by atoms with Gasteiger partial charge >= 0.3 is 17.7 Å². The zero-order chi connectivity index (χ0) is 13.3. The van der Waals surface area contributed by atoms with Crippen LogP contribution in [0.5, 0.6) is 0 Å². The van der Waals surface area contributed by atoms with Crippen LogP contribution < -0.4 is 0 Å². The van der Waals surface area contributed by atoms with Gasteiger partial charge in [-0.2, -0.15) is 25.2 Å². The first-order valence-corrected chi connectivity index (χ1v) is 6.11. The van der Waals surface area contributed by atoms with Crippen LogP contribution in [0, 0.1) is 6.42 Å². The molecule has 0 unspecified atom stereocenters. The van der Waals surface area contributed by atoms with Crippen molar-refractivity contribution in [1.82, 2.24) is 0 Å². The molecule has 1 aliphatic carbocycles. The van der Waals surface area contributed by atoms with Gasteiger partial charge in [-0.05, 0) is 11.1 Å². The number of benzene rings is 1. The van der Waals surface area contributed by atoms with E-state index in [1.54, 1.807) is 0 Å². The molecule has 0 atom stereocenters. The summed E-state index contributed by atoms with van der Waals surface area (Å²) in [5.41, 5.74) is 2.66. The Morgan fingerprint density at radius 2 is 1.11 bits per heavy atom. The molecule has 0 nitrogen and oxygen atoms in total. The standard InChI is InChI=1S/C9H7.2F3P.Rh/c1-2-5-9-7-3-6-8(9)4-1;2*1-4(2)3;/h1-7H;;;. The minimum atomic E-state index is -4.12. The van der Waals surface area contributed by atoms with E-state index in [2.05, 4.69) is 42.8 Å². The molecule has 0 aliphatic heterocycles. The Morgan fingerprint density at radius 3 is 1.50 bits per heavy atom. The van der Waals surface area contributed by atoms with E-state index in [0.29, 0.717) is 0 Å². The van der Waals surface area contributed by atoms with Gasteiger partial charge in [0.05, 0.1) is 0 Å². The molecule has 0 heterocycles. The first-order valence-electron chi connectivity index (χ1n) is 4.09. The van der Waals surface area contributed by atoms with Crippen LogP contribution in [-0.2, 0) is 19.5 Å². The molecule has 0 spiro atoms. The second-order valence-electron chi connectivity index (χ2n) is 2.54. The molecule has 104 valence electrons. The maximum atomic E-state index is 9.73. The Bertz CT molecular complexity index is 336. The van der Waals surface area contributed by atoms with E-state index in [-0.39, 0.29) is 19.5 Å². The van der Waals surface area contributed by atoms with Crippen LogP contribution in [0.4, 0.5) is 25.2 Å². The molecule has 0 aromatic heterocycles. The number of hydrogen-bond donors (Lipinski definition) is 0. The molecule has 0 amide bonds. The fraction of sp³-hybridized carbons (Fsp3) is 0. The molecule has 2 radical (unpaired) electrons. The van der Waals surface area contributed by atoms with Gasteiger partial charge in [0.2, 0.25) is 0 Å². The average Bonchev–Trinajstić information content (AvgIpc) is 2.62. The van der Waals surface area contributed by atoms with Gasteiger partial charge < -0.3 is 0 Å². The summed E-state index contributed by atoms with van der Waals surface area (Å²) in [5.74, 6) is 0. The number of halogens is 6. The summed E-state index contributed by atoms with van der Waals surface area (Å²) in [6.45, 7) is 0. The second-order valence-corrected chi connectivity index (χ2v) is 3.30. The van der Waals surface area contributed by atoms with Crippen LogP contribution in [0.3, 0.4) is 0 Å². The smallest absolute Gasteiger partial charge is 0.152 e. The Balaban J connectivity index is 0. The molecule has 18 heavy (non-hydrogen) atoms. The third-order valence-corrected chi connectivity index (χ3v) is 1.55. The van der Waals surface area contributed by atoms with Gasteiger partial charge in [-0.1, -0.05) is 36.4 Å². The van der Waals surface area contributed by atoms with E-state index in [9.17, 15) is 25.2 Å². The number of allylic oxidation sites excluding steroid dienone is 1. The van der Waals surface area contributed by atoms with Crippen molar-refractivity contribution in [3.8, 4) is 0 Å². The van der Waals surface area contributed by atoms with Gasteiger partial charge in [0.25, 0.3) is 0 Å². The van der Waals surface area contributed by atoms with Gasteiger partial charge in [-0.3, -0.25) is 0 Å². The molecule has 1 aromatic carbocycles. The van der Waals surface area contributed by atoms with Crippen molar-refractivity contribution < 1.29 is 44.7 Å². The molecule has 0 saturated carbocycles. The maximum Gasteiger partial charge on any atom is 0.456 e. The second kappa shape index (κ2) is 12.1. The molecule has 1 aromatic rings. The van der Waals surface area contributed by atoms with E-state index in [0.717, 1.165) is 0 Å². The summed E-state index contributed by atoms with van der Waals surface area (Å²) in [5, 5.41) is 0. The van der Waals surface area contributed by atoms with Crippen LogP contribution in [-0.4, -0.2) is 0 Å². The van der Waals surface area contributed by atoms with Crippen molar-refractivity contribution in [2.45, 2.75) is 0 Å². The van der Waals surface area contributed by atoms with E-state index >= 15 is 0 Å². The van der Waals surface area contributed by atoms with Crippen LogP contribution in [0.1, 0.15) is 11.1 Å². The van der Waals surface area contributed by atoms with Crippen LogP contribution >= 0.6 is 17.7 Å². The van der Waals surface area contributed by atoms with Gasteiger partial charge in [-0.15, -0.1) is 0 Å². The van der Waals surface area contributed by atoms with Gasteiger partial charge in [0, 0.05) is 25.9 Å². The van der Waals surface area contributed by atoms with Crippen molar-refractivity contribution in [3.05, 3.63) is 47.9 Å². The third-order valence-electron chi connectivity index (χ3n) is 1.55. The third kappa shape index (κ3) is 12.5. The molecule has 9 heteroatoms. The molecule has 2 rings (SSSR count). The molecule has 0 bridgehead atoms. The van der Waals surface area contributed by atoms with E-state index in [1.807, 2.05) is 0 Å². The minimum Gasteiger partial charge on any atom is -0.152 e.